The molecule has 1 aromatic heterocycles. The first-order valence-corrected chi connectivity index (χ1v) is 16.4. The van der Waals surface area contributed by atoms with Gasteiger partial charge in [-0.25, -0.2) is 4.98 Å². The van der Waals surface area contributed by atoms with E-state index in [0.29, 0.717) is 19.1 Å². The minimum Gasteiger partial charge on any atom is -0.488 e. The number of carbonyl (C=O) groups is 1. The predicted octanol–water partition coefficient (Wildman–Crippen LogP) is 5.89. The molecule has 1 aliphatic carbocycles. The van der Waals surface area contributed by atoms with Crippen LogP contribution in [0.3, 0.4) is 0 Å². The average molecular weight is 588 g/mol. The van der Waals surface area contributed by atoms with Gasteiger partial charge in [0.15, 0.2) is 5.13 Å². The summed E-state index contributed by atoms with van der Waals surface area (Å²) in [7, 11) is 0. The Bertz CT molecular complexity index is 1480. The Kier molecular flexibility index (Phi) is 7.49. The van der Waals surface area contributed by atoms with E-state index < -0.39 is 11.4 Å². The fourth-order valence-corrected chi connectivity index (χ4v) is 8.33. The van der Waals surface area contributed by atoms with Crippen LogP contribution < -0.4 is 9.64 Å². The lowest BCUT2D eigenvalue weighted by Gasteiger charge is -2.33. The summed E-state index contributed by atoms with van der Waals surface area (Å²) < 4.78 is 12.1. The van der Waals surface area contributed by atoms with Crippen molar-refractivity contribution in [2.75, 3.05) is 44.3 Å². The molecule has 1 N–H and O–H groups in total. The molecule has 7 rings (SSSR count). The van der Waals surface area contributed by atoms with E-state index in [2.05, 4.69) is 59.4 Å². The smallest absolute Gasteiger partial charge is 0.310 e. The molecule has 8 heteroatoms. The average Bonchev–Trinajstić information content (AvgIpc) is 3.63. The Morgan fingerprint density at radius 2 is 1.98 bits per heavy atom. The van der Waals surface area contributed by atoms with Gasteiger partial charge in [0.2, 0.25) is 0 Å². The zero-order chi connectivity index (χ0) is 28.8. The van der Waals surface area contributed by atoms with Crippen molar-refractivity contribution in [3.63, 3.8) is 0 Å². The zero-order valence-corrected chi connectivity index (χ0v) is 25.5. The third-order valence-electron chi connectivity index (χ3n) is 10.3. The number of fused-ring (bicyclic) bond motifs is 2. The van der Waals surface area contributed by atoms with Gasteiger partial charge in [-0.05, 0) is 92.7 Å². The number of hydrogen-bond acceptors (Lipinski definition) is 7. The van der Waals surface area contributed by atoms with Gasteiger partial charge in [-0.1, -0.05) is 23.8 Å². The molecule has 3 aromatic rings. The molecular formula is C34H41N3O4S. The topological polar surface area (TPSA) is 75.1 Å². The Labute approximate surface area is 252 Å². The maximum atomic E-state index is 11.7. The summed E-state index contributed by atoms with van der Waals surface area (Å²) in [5.41, 5.74) is 8.24. The summed E-state index contributed by atoms with van der Waals surface area (Å²) in [6.07, 6.45) is 6.00. The molecule has 2 aromatic carbocycles. The molecule has 2 unspecified atom stereocenters. The molecule has 0 radical (unpaired) electrons. The number of hydrogen-bond donors (Lipinski definition) is 1. The van der Waals surface area contributed by atoms with E-state index in [1.165, 1.54) is 27.8 Å². The molecular weight excluding hydrogens is 546 g/mol. The number of anilines is 1. The van der Waals surface area contributed by atoms with Crippen LogP contribution in [0.2, 0.25) is 0 Å². The maximum absolute atomic E-state index is 11.7. The first-order valence-electron chi connectivity index (χ1n) is 15.5. The second kappa shape index (κ2) is 11.3. The summed E-state index contributed by atoms with van der Waals surface area (Å²) in [5, 5.41) is 12.7. The van der Waals surface area contributed by atoms with Crippen molar-refractivity contribution in [1.29, 1.82) is 0 Å². The number of carboxylic acids is 1. The molecule has 3 aliphatic heterocycles. The summed E-state index contributed by atoms with van der Waals surface area (Å²) in [6.45, 7) is 10.5. The third-order valence-corrected chi connectivity index (χ3v) is 11.2. The highest BCUT2D eigenvalue weighted by Crippen LogP contribution is 2.58. The van der Waals surface area contributed by atoms with Crippen molar-refractivity contribution in [1.82, 2.24) is 9.88 Å². The fraction of sp³-hybridized carbons (Fsp3) is 0.529. The number of aliphatic carboxylic acids is 1. The molecule has 7 nitrogen and oxygen atoms in total. The van der Waals surface area contributed by atoms with Crippen LogP contribution in [0.25, 0.3) is 11.3 Å². The van der Waals surface area contributed by atoms with Crippen LogP contribution in [0.5, 0.6) is 5.75 Å². The Balaban J connectivity index is 1.05. The van der Waals surface area contributed by atoms with E-state index in [-0.39, 0.29) is 5.92 Å². The van der Waals surface area contributed by atoms with E-state index in [1.807, 2.05) is 0 Å². The Hall–Kier alpha value is -2.94. The molecule has 0 spiro atoms. The van der Waals surface area contributed by atoms with Gasteiger partial charge in [0.1, 0.15) is 12.4 Å². The van der Waals surface area contributed by atoms with Crippen LogP contribution in [0.4, 0.5) is 5.13 Å². The standard InChI is InChI=1S/C34H41N3O4S/c1-22-3-6-31(29(17-22)30-21-42-33(35-30)37-14-11-34(32(38)39)18-26(34)19-37)41-20-25-5-4-24-7-12-36(13-8-28(24)23(25)2)27-9-15-40-16-10-27/h3-6,17,21,26-27H,7-16,18-20H2,1-2H3,(H,38,39). The van der Waals surface area contributed by atoms with E-state index in [9.17, 15) is 9.90 Å². The lowest BCUT2D eigenvalue weighted by molar-refractivity contribution is -0.144. The summed E-state index contributed by atoms with van der Waals surface area (Å²) in [6, 6.07) is 11.6. The van der Waals surface area contributed by atoms with E-state index in [4.69, 9.17) is 14.5 Å². The van der Waals surface area contributed by atoms with Crippen LogP contribution in [0, 0.1) is 25.2 Å². The van der Waals surface area contributed by atoms with E-state index in [1.54, 1.807) is 11.3 Å². The lowest BCUT2D eigenvalue weighted by Crippen LogP contribution is -2.40. The van der Waals surface area contributed by atoms with Crippen molar-refractivity contribution in [3.8, 4) is 17.0 Å². The molecule has 222 valence electrons. The number of piperidine rings is 1. The zero-order valence-electron chi connectivity index (χ0n) is 24.7. The molecule has 42 heavy (non-hydrogen) atoms. The minimum atomic E-state index is -0.629. The molecule has 1 saturated carbocycles. The second-order valence-electron chi connectivity index (χ2n) is 12.7. The fourth-order valence-electron chi connectivity index (χ4n) is 7.47. The summed E-state index contributed by atoms with van der Waals surface area (Å²) in [4.78, 5) is 21.7. The maximum Gasteiger partial charge on any atom is 0.310 e. The largest absolute Gasteiger partial charge is 0.488 e. The van der Waals surface area contributed by atoms with Crippen molar-refractivity contribution in [3.05, 3.63) is 63.5 Å². The van der Waals surface area contributed by atoms with Crippen molar-refractivity contribution in [2.45, 2.75) is 65.0 Å². The first kappa shape index (κ1) is 27.9. The van der Waals surface area contributed by atoms with Crippen LogP contribution in [-0.4, -0.2) is 66.4 Å². The van der Waals surface area contributed by atoms with Gasteiger partial charge in [-0.2, -0.15) is 0 Å². The van der Waals surface area contributed by atoms with Gasteiger partial charge >= 0.3 is 5.97 Å². The number of benzene rings is 2. The third kappa shape index (κ3) is 5.22. The highest BCUT2D eigenvalue weighted by Gasteiger charge is 2.62. The number of carboxylic acid groups (broad SMARTS) is 1. The van der Waals surface area contributed by atoms with Gasteiger partial charge < -0.3 is 19.5 Å². The summed E-state index contributed by atoms with van der Waals surface area (Å²) >= 11 is 1.64. The monoisotopic (exact) mass is 587 g/mol. The molecule has 0 bridgehead atoms. The Morgan fingerprint density at radius 1 is 1.14 bits per heavy atom. The van der Waals surface area contributed by atoms with Crippen LogP contribution in [0.1, 0.15) is 53.5 Å². The lowest BCUT2D eigenvalue weighted by atomic mass is 9.94. The van der Waals surface area contributed by atoms with Gasteiger partial charge in [-0.15, -0.1) is 11.3 Å². The number of ether oxygens (including phenoxy) is 2. The number of nitrogens with zero attached hydrogens (tertiary/aromatic N) is 3. The normalized spacial score (nSPS) is 24.5. The first-order chi connectivity index (χ1) is 20.4. The van der Waals surface area contributed by atoms with Gasteiger partial charge in [-0.3, -0.25) is 9.69 Å². The molecule has 0 amide bonds. The van der Waals surface area contributed by atoms with Crippen molar-refractivity contribution >= 4 is 22.4 Å². The van der Waals surface area contributed by atoms with Crippen LogP contribution in [0.15, 0.2) is 35.7 Å². The molecule has 2 saturated heterocycles. The van der Waals surface area contributed by atoms with Gasteiger partial charge in [0.05, 0.1) is 11.1 Å². The number of thiazole rings is 1. The quantitative estimate of drug-likeness (QED) is 0.370. The van der Waals surface area contributed by atoms with Crippen molar-refractivity contribution in [2.24, 2.45) is 11.3 Å². The number of aromatic nitrogens is 1. The van der Waals surface area contributed by atoms with Gasteiger partial charge in [0, 0.05) is 56.4 Å². The van der Waals surface area contributed by atoms with E-state index >= 15 is 0 Å². The van der Waals surface area contributed by atoms with Crippen LogP contribution in [-0.2, 0) is 29.0 Å². The molecule has 2 atom stereocenters. The minimum absolute atomic E-state index is 0.239. The number of rotatable bonds is 7. The van der Waals surface area contributed by atoms with Crippen molar-refractivity contribution < 1.29 is 19.4 Å². The highest BCUT2D eigenvalue weighted by molar-refractivity contribution is 7.14. The molecule has 3 fully saturated rings. The molecule has 4 aliphatic rings. The van der Waals surface area contributed by atoms with Crippen LogP contribution >= 0.6 is 11.3 Å². The van der Waals surface area contributed by atoms with E-state index in [0.717, 1.165) is 93.6 Å². The predicted molar refractivity (Wildman–Crippen MR) is 166 cm³/mol. The van der Waals surface area contributed by atoms with Gasteiger partial charge in [0.25, 0.3) is 0 Å². The Morgan fingerprint density at radius 3 is 2.79 bits per heavy atom. The highest BCUT2D eigenvalue weighted by atomic mass is 32.1. The molecule has 4 heterocycles. The SMILES string of the molecule is Cc1ccc(OCc2ccc3c(c2C)CCN(C2CCOCC2)CC3)c(-c2csc(N3CCC4(C(=O)O)CC4C3)n2)c1. The summed E-state index contributed by atoms with van der Waals surface area (Å²) in [5.74, 6) is 0.460. The number of aryl methyl sites for hydroxylation is 1. The second-order valence-corrected chi connectivity index (χ2v) is 13.6.